The molecule has 0 aliphatic rings. The Labute approximate surface area is 152 Å². The average Bonchev–Trinajstić information content (AvgIpc) is 2.98. The van der Waals surface area contributed by atoms with Crippen molar-refractivity contribution in [1.82, 2.24) is 15.2 Å². The van der Waals surface area contributed by atoms with E-state index in [0.717, 1.165) is 18.5 Å². The molecular weight excluding hydrogens is 330 g/mol. The average molecular weight is 353 g/mol. The Bertz CT molecular complexity index is 881. The van der Waals surface area contributed by atoms with Gasteiger partial charge in [0.25, 0.3) is 0 Å². The van der Waals surface area contributed by atoms with E-state index in [0.29, 0.717) is 11.6 Å². The quantitative estimate of drug-likeness (QED) is 0.646. The molecule has 1 amide bonds. The summed E-state index contributed by atoms with van der Waals surface area (Å²) in [6.07, 6.45) is 2.35. The molecule has 3 rings (SSSR count). The van der Waals surface area contributed by atoms with Crippen LogP contribution in [0.5, 0.6) is 0 Å². The number of anilines is 2. The van der Waals surface area contributed by atoms with Gasteiger partial charge in [0.05, 0.1) is 0 Å². The Morgan fingerprint density at radius 1 is 1.12 bits per heavy atom. The second-order valence-electron chi connectivity index (χ2n) is 6.97. The van der Waals surface area contributed by atoms with Gasteiger partial charge in [-0.25, -0.2) is 4.79 Å². The Hall–Kier alpha value is -3.09. The number of H-pyrrole nitrogens is 1. The van der Waals surface area contributed by atoms with Crippen LogP contribution in [0.1, 0.15) is 26.3 Å². The van der Waals surface area contributed by atoms with Gasteiger partial charge in [-0.2, -0.15) is 0 Å². The van der Waals surface area contributed by atoms with Crippen LogP contribution < -0.4 is 10.6 Å². The molecule has 0 fully saturated rings. The summed E-state index contributed by atoms with van der Waals surface area (Å²) >= 11 is 0. The third kappa shape index (κ3) is 4.72. The second kappa shape index (κ2) is 7.43. The fourth-order valence-electron chi connectivity index (χ4n) is 2.57. The van der Waals surface area contributed by atoms with Gasteiger partial charge >= 0.3 is 6.09 Å². The minimum atomic E-state index is -0.554. The molecule has 0 aliphatic carbocycles. The zero-order valence-electron chi connectivity index (χ0n) is 15.2. The zero-order chi connectivity index (χ0) is 18.6. The third-order valence-corrected chi connectivity index (χ3v) is 3.67. The van der Waals surface area contributed by atoms with E-state index in [1.807, 2.05) is 18.3 Å². The van der Waals surface area contributed by atoms with E-state index < -0.39 is 11.7 Å². The maximum Gasteiger partial charge on any atom is 0.413 e. The maximum absolute atomic E-state index is 11.7. The molecule has 0 atom stereocenters. The largest absolute Gasteiger partial charge is 0.444 e. The number of rotatable bonds is 5. The SMILES string of the molecule is CC(C)(C)OC(=O)Nc1ccc(NCCc2c[nH]c3ccccc23)nn1. The van der Waals surface area contributed by atoms with Crippen molar-refractivity contribution in [2.75, 3.05) is 17.2 Å². The number of hydrogen-bond donors (Lipinski definition) is 3. The van der Waals surface area contributed by atoms with Crippen LogP contribution in [0.25, 0.3) is 10.9 Å². The molecule has 0 radical (unpaired) electrons. The van der Waals surface area contributed by atoms with Crippen molar-refractivity contribution in [3.8, 4) is 0 Å². The number of aromatic amines is 1. The summed E-state index contributed by atoms with van der Waals surface area (Å²) in [5.41, 5.74) is 1.84. The highest BCUT2D eigenvalue weighted by Crippen LogP contribution is 2.18. The summed E-state index contributed by atoms with van der Waals surface area (Å²) in [5, 5.41) is 15.1. The molecule has 7 heteroatoms. The lowest BCUT2D eigenvalue weighted by molar-refractivity contribution is 0.0635. The summed E-state index contributed by atoms with van der Waals surface area (Å²) in [6.45, 7) is 6.15. The predicted molar refractivity (Wildman–Crippen MR) is 102 cm³/mol. The van der Waals surface area contributed by atoms with Crippen molar-refractivity contribution < 1.29 is 9.53 Å². The van der Waals surface area contributed by atoms with Crippen LogP contribution in [0.2, 0.25) is 0 Å². The van der Waals surface area contributed by atoms with Crippen LogP contribution in [0.15, 0.2) is 42.6 Å². The van der Waals surface area contributed by atoms with Gasteiger partial charge in [-0.05, 0) is 51.0 Å². The predicted octanol–water partition coefficient (Wildman–Crippen LogP) is 3.96. The van der Waals surface area contributed by atoms with Gasteiger partial charge in [-0.3, -0.25) is 5.32 Å². The van der Waals surface area contributed by atoms with Crippen molar-refractivity contribution >= 4 is 28.6 Å². The topological polar surface area (TPSA) is 91.9 Å². The molecule has 136 valence electrons. The van der Waals surface area contributed by atoms with Crippen LogP contribution in [0.4, 0.5) is 16.4 Å². The third-order valence-electron chi connectivity index (χ3n) is 3.67. The first-order valence-corrected chi connectivity index (χ1v) is 8.53. The van der Waals surface area contributed by atoms with Crippen molar-refractivity contribution in [1.29, 1.82) is 0 Å². The van der Waals surface area contributed by atoms with E-state index in [1.165, 1.54) is 10.9 Å². The molecule has 0 saturated heterocycles. The molecule has 3 aromatic rings. The molecule has 2 heterocycles. The fourth-order valence-corrected chi connectivity index (χ4v) is 2.57. The highest BCUT2D eigenvalue weighted by atomic mass is 16.6. The van der Waals surface area contributed by atoms with E-state index in [2.05, 4.69) is 37.9 Å². The second-order valence-corrected chi connectivity index (χ2v) is 6.97. The molecule has 7 nitrogen and oxygen atoms in total. The summed E-state index contributed by atoms with van der Waals surface area (Å²) in [7, 11) is 0. The fraction of sp³-hybridized carbons (Fsp3) is 0.316. The van der Waals surface area contributed by atoms with E-state index in [1.54, 1.807) is 32.9 Å². The van der Waals surface area contributed by atoms with Crippen molar-refractivity contribution in [3.63, 3.8) is 0 Å². The molecular formula is C19H23N5O2. The van der Waals surface area contributed by atoms with Gasteiger partial charge < -0.3 is 15.0 Å². The lowest BCUT2D eigenvalue weighted by atomic mass is 10.1. The Morgan fingerprint density at radius 2 is 1.85 bits per heavy atom. The maximum atomic E-state index is 11.7. The Morgan fingerprint density at radius 3 is 2.58 bits per heavy atom. The van der Waals surface area contributed by atoms with Crippen LogP contribution in [-0.4, -0.2) is 33.4 Å². The standard InChI is InChI=1S/C19H23N5O2/c1-19(2,3)26-18(25)22-17-9-8-16(23-24-17)20-11-10-13-12-21-15-7-5-4-6-14(13)15/h4-9,12,21H,10-11H2,1-3H3,(H,20,23)(H,22,24,25). The summed E-state index contributed by atoms with van der Waals surface area (Å²) in [6, 6.07) is 11.7. The highest BCUT2D eigenvalue weighted by Gasteiger charge is 2.16. The molecule has 26 heavy (non-hydrogen) atoms. The van der Waals surface area contributed by atoms with Gasteiger partial charge in [0, 0.05) is 23.6 Å². The van der Waals surface area contributed by atoms with Gasteiger partial charge in [0.15, 0.2) is 5.82 Å². The molecule has 2 aromatic heterocycles. The monoisotopic (exact) mass is 353 g/mol. The van der Waals surface area contributed by atoms with Gasteiger partial charge in [0.2, 0.25) is 0 Å². The van der Waals surface area contributed by atoms with Crippen LogP contribution in [0, 0.1) is 0 Å². The number of fused-ring (bicyclic) bond motifs is 1. The van der Waals surface area contributed by atoms with E-state index in [9.17, 15) is 4.79 Å². The number of ether oxygens (including phenoxy) is 1. The zero-order valence-corrected chi connectivity index (χ0v) is 15.2. The van der Waals surface area contributed by atoms with Crippen LogP contribution >= 0.6 is 0 Å². The first-order valence-electron chi connectivity index (χ1n) is 8.53. The number of amides is 1. The number of aromatic nitrogens is 3. The van der Waals surface area contributed by atoms with Crippen LogP contribution in [-0.2, 0) is 11.2 Å². The number of carbonyl (C=O) groups excluding carboxylic acids is 1. The minimum Gasteiger partial charge on any atom is -0.444 e. The first-order chi connectivity index (χ1) is 12.4. The van der Waals surface area contributed by atoms with E-state index in [-0.39, 0.29) is 0 Å². The molecule has 3 N–H and O–H groups in total. The Balaban J connectivity index is 1.51. The Kier molecular flexibility index (Phi) is 5.06. The van der Waals surface area contributed by atoms with Crippen molar-refractivity contribution in [2.24, 2.45) is 0 Å². The molecule has 0 aliphatic heterocycles. The lowest BCUT2D eigenvalue weighted by Gasteiger charge is -2.19. The summed E-state index contributed by atoms with van der Waals surface area (Å²) < 4.78 is 5.18. The lowest BCUT2D eigenvalue weighted by Crippen LogP contribution is -2.27. The van der Waals surface area contributed by atoms with E-state index in [4.69, 9.17) is 4.74 Å². The molecule has 0 unspecified atom stereocenters. The number of nitrogens with one attached hydrogen (secondary N) is 3. The molecule has 0 spiro atoms. The van der Waals surface area contributed by atoms with Crippen LogP contribution in [0.3, 0.4) is 0 Å². The number of benzene rings is 1. The molecule has 0 bridgehead atoms. The number of carbonyl (C=O) groups is 1. The van der Waals surface area contributed by atoms with E-state index >= 15 is 0 Å². The molecule has 1 aromatic carbocycles. The normalized spacial score (nSPS) is 11.3. The van der Waals surface area contributed by atoms with Gasteiger partial charge in [0.1, 0.15) is 11.4 Å². The molecule has 0 saturated carbocycles. The summed E-state index contributed by atoms with van der Waals surface area (Å²) in [5.74, 6) is 1.00. The minimum absolute atomic E-state index is 0.349. The van der Waals surface area contributed by atoms with Gasteiger partial charge in [-0.1, -0.05) is 18.2 Å². The van der Waals surface area contributed by atoms with Gasteiger partial charge in [-0.15, -0.1) is 10.2 Å². The smallest absolute Gasteiger partial charge is 0.413 e. The highest BCUT2D eigenvalue weighted by molar-refractivity contribution is 5.84. The van der Waals surface area contributed by atoms with Crippen molar-refractivity contribution in [2.45, 2.75) is 32.8 Å². The first kappa shape index (κ1) is 17.7. The number of nitrogens with zero attached hydrogens (tertiary/aromatic N) is 2. The summed E-state index contributed by atoms with van der Waals surface area (Å²) in [4.78, 5) is 15.0. The number of para-hydroxylation sites is 1. The van der Waals surface area contributed by atoms with Crippen molar-refractivity contribution in [3.05, 3.63) is 48.2 Å². The number of hydrogen-bond acceptors (Lipinski definition) is 5.